The van der Waals surface area contributed by atoms with Gasteiger partial charge >= 0.3 is 0 Å². The number of hydrogen-bond donors (Lipinski definition) is 1. The Bertz CT molecular complexity index is 980. The van der Waals surface area contributed by atoms with Crippen LogP contribution in [0, 0.1) is 11.6 Å². The molecule has 4 rings (SSSR count). The average molecular weight is 407 g/mol. The third kappa shape index (κ3) is 5.02. The molecule has 1 saturated heterocycles. The summed E-state index contributed by atoms with van der Waals surface area (Å²) >= 11 is 0. The van der Waals surface area contributed by atoms with Gasteiger partial charge in [0.05, 0.1) is 0 Å². The molecule has 4 nitrogen and oxygen atoms in total. The quantitative estimate of drug-likeness (QED) is 0.675. The number of carbonyl (C=O) groups is 1. The Hall–Kier alpha value is -3.25. The molecule has 0 atom stereocenters. The molecule has 30 heavy (non-hydrogen) atoms. The first-order valence-corrected chi connectivity index (χ1v) is 9.95. The molecule has 1 heterocycles. The minimum Gasteiger partial charge on any atom is -0.369 e. The zero-order chi connectivity index (χ0) is 20.9. The second-order valence-corrected chi connectivity index (χ2v) is 7.41. The Morgan fingerprint density at radius 2 is 1.47 bits per heavy atom. The summed E-state index contributed by atoms with van der Waals surface area (Å²) in [6.45, 7) is 4.79. The van der Waals surface area contributed by atoms with E-state index in [1.165, 1.54) is 5.56 Å². The topological polar surface area (TPSA) is 35.6 Å². The number of benzene rings is 3. The third-order valence-electron chi connectivity index (χ3n) is 5.24. The number of rotatable bonds is 5. The van der Waals surface area contributed by atoms with Gasteiger partial charge in [-0.05, 0) is 42.0 Å². The smallest absolute Gasteiger partial charge is 0.255 e. The van der Waals surface area contributed by atoms with Gasteiger partial charge in [-0.15, -0.1) is 0 Å². The van der Waals surface area contributed by atoms with Gasteiger partial charge in [-0.3, -0.25) is 9.69 Å². The van der Waals surface area contributed by atoms with Crippen LogP contribution in [0.1, 0.15) is 15.9 Å². The highest BCUT2D eigenvalue weighted by molar-refractivity contribution is 6.04. The predicted molar refractivity (Wildman–Crippen MR) is 115 cm³/mol. The maximum absolute atomic E-state index is 13.3. The zero-order valence-electron chi connectivity index (χ0n) is 16.5. The summed E-state index contributed by atoms with van der Waals surface area (Å²) in [7, 11) is 0. The second-order valence-electron chi connectivity index (χ2n) is 7.41. The molecule has 154 valence electrons. The fourth-order valence-electron chi connectivity index (χ4n) is 3.65. The van der Waals surface area contributed by atoms with E-state index in [1.54, 1.807) is 12.1 Å². The Morgan fingerprint density at radius 3 is 2.10 bits per heavy atom. The second kappa shape index (κ2) is 9.05. The molecule has 0 saturated carbocycles. The monoisotopic (exact) mass is 407 g/mol. The molecule has 1 N–H and O–H groups in total. The number of halogens is 2. The van der Waals surface area contributed by atoms with Gasteiger partial charge < -0.3 is 10.2 Å². The molecule has 1 aliphatic rings. The van der Waals surface area contributed by atoms with Crippen LogP contribution in [0.2, 0.25) is 0 Å². The summed E-state index contributed by atoms with van der Waals surface area (Å²) in [4.78, 5) is 17.0. The molecule has 0 unspecified atom stereocenters. The Kier molecular flexibility index (Phi) is 6.05. The summed E-state index contributed by atoms with van der Waals surface area (Å²) < 4.78 is 26.6. The maximum atomic E-state index is 13.3. The lowest BCUT2D eigenvalue weighted by molar-refractivity contribution is 0.102. The van der Waals surface area contributed by atoms with Gasteiger partial charge in [0.25, 0.3) is 5.91 Å². The minimum atomic E-state index is -0.776. The van der Waals surface area contributed by atoms with Gasteiger partial charge in [0.2, 0.25) is 0 Å². The molecule has 3 aromatic rings. The van der Waals surface area contributed by atoms with Gasteiger partial charge in [-0.1, -0.05) is 30.3 Å². The van der Waals surface area contributed by atoms with E-state index in [2.05, 4.69) is 39.4 Å². The summed E-state index contributed by atoms with van der Waals surface area (Å²) in [6, 6.07) is 20.8. The summed E-state index contributed by atoms with van der Waals surface area (Å²) in [6.07, 6.45) is 0. The van der Waals surface area contributed by atoms with E-state index in [0.717, 1.165) is 56.6 Å². The Morgan fingerprint density at radius 1 is 0.833 bits per heavy atom. The molecule has 1 amide bonds. The van der Waals surface area contributed by atoms with E-state index >= 15 is 0 Å². The van der Waals surface area contributed by atoms with Crippen molar-refractivity contribution in [1.29, 1.82) is 0 Å². The molecule has 6 heteroatoms. The first kappa shape index (κ1) is 20.0. The maximum Gasteiger partial charge on any atom is 0.255 e. The number of nitrogens with zero attached hydrogens (tertiary/aromatic N) is 2. The molecular weight excluding hydrogens is 384 g/mol. The van der Waals surface area contributed by atoms with E-state index in [-0.39, 0.29) is 5.56 Å². The summed E-state index contributed by atoms with van der Waals surface area (Å²) in [5.74, 6) is -2.10. The van der Waals surface area contributed by atoms with E-state index in [0.29, 0.717) is 5.69 Å². The van der Waals surface area contributed by atoms with Gasteiger partial charge in [0, 0.05) is 55.7 Å². The van der Waals surface area contributed by atoms with Crippen LogP contribution < -0.4 is 10.2 Å². The SMILES string of the molecule is O=C(Nc1ccc(N2CCN(Cc3ccccc3)CC2)cc1)c1cc(F)cc(F)c1. The normalized spacial score (nSPS) is 14.5. The molecule has 1 fully saturated rings. The van der Waals surface area contributed by atoms with Crippen molar-refractivity contribution in [3.8, 4) is 0 Å². The van der Waals surface area contributed by atoms with Crippen molar-refractivity contribution >= 4 is 17.3 Å². The standard InChI is InChI=1S/C24H23F2N3O/c25-20-14-19(15-21(26)16-20)24(30)27-22-6-8-23(9-7-22)29-12-10-28(11-13-29)17-18-4-2-1-3-5-18/h1-9,14-16H,10-13,17H2,(H,27,30). The van der Waals surface area contributed by atoms with E-state index in [9.17, 15) is 13.6 Å². The number of piperazine rings is 1. The van der Waals surface area contributed by atoms with Gasteiger partial charge in [-0.2, -0.15) is 0 Å². The highest BCUT2D eigenvalue weighted by Crippen LogP contribution is 2.21. The zero-order valence-corrected chi connectivity index (χ0v) is 16.5. The molecule has 1 aliphatic heterocycles. The summed E-state index contributed by atoms with van der Waals surface area (Å²) in [5.41, 5.74) is 2.94. The van der Waals surface area contributed by atoms with Crippen LogP contribution in [-0.4, -0.2) is 37.0 Å². The van der Waals surface area contributed by atoms with E-state index in [1.807, 2.05) is 18.2 Å². The number of carbonyl (C=O) groups excluding carboxylic acids is 1. The highest BCUT2D eigenvalue weighted by atomic mass is 19.1. The number of nitrogens with one attached hydrogen (secondary N) is 1. The fraction of sp³-hybridized carbons (Fsp3) is 0.208. The van der Waals surface area contributed by atoms with Crippen LogP contribution >= 0.6 is 0 Å². The van der Waals surface area contributed by atoms with Crippen molar-refractivity contribution in [2.75, 3.05) is 36.4 Å². The van der Waals surface area contributed by atoms with Crippen molar-refractivity contribution in [2.24, 2.45) is 0 Å². The first-order valence-electron chi connectivity index (χ1n) is 9.95. The van der Waals surface area contributed by atoms with Crippen molar-refractivity contribution in [3.63, 3.8) is 0 Å². The molecular formula is C24H23F2N3O. The number of hydrogen-bond acceptors (Lipinski definition) is 3. The van der Waals surface area contributed by atoms with Crippen LogP contribution in [0.25, 0.3) is 0 Å². The first-order chi connectivity index (χ1) is 14.6. The average Bonchev–Trinajstić information content (AvgIpc) is 2.75. The van der Waals surface area contributed by atoms with Gasteiger partial charge in [0.1, 0.15) is 11.6 Å². The van der Waals surface area contributed by atoms with E-state index < -0.39 is 17.5 Å². The third-order valence-corrected chi connectivity index (χ3v) is 5.24. The van der Waals surface area contributed by atoms with Crippen LogP contribution in [0.4, 0.5) is 20.2 Å². The highest BCUT2D eigenvalue weighted by Gasteiger charge is 2.17. The van der Waals surface area contributed by atoms with Gasteiger partial charge in [0.15, 0.2) is 0 Å². The Labute approximate surface area is 174 Å². The molecule has 0 bridgehead atoms. The lowest BCUT2D eigenvalue weighted by atomic mass is 10.1. The molecule has 0 spiro atoms. The molecule has 3 aromatic carbocycles. The summed E-state index contributed by atoms with van der Waals surface area (Å²) in [5, 5.41) is 2.68. The Balaban J connectivity index is 1.32. The fourth-order valence-corrected chi connectivity index (χ4v) is 3.65. The van der Waals surface area contributed by atoms with Gasteiger partial charge in [-0.25, -0.2) is 8.78 Å². The number of amides is 1. The van der Waals surface area contributed by atoms with Crippen LogP contribution in [0.3, 0.4) is 0 Å². The molecule has 0 radical (unpaired) electrons. The lowest BCUT2D eigenvalue weighted by Gasteiger charge is -2.36. The molecule has 0 aliphatic carbocycles. The van der Waals surface area contributed by atoms with Crippen LogP contribution in [-0.2, 0) is 6.54 Å². The van der Waals surface area contributed by atoms with E-state index in [4.69, 9.17) is 0 Å². The largest absolute Gasteiger partial charge is 0.369 e. The minimum absolute atomic E-state index is 0.0499. The lowest BCUT2D eigenvalue weighted by Crippen LogP contribution is -2.45. The molecule has 0 aromatic heterocycles. The van der Waals surface area contributed by atoms with Crippen LogP contribution in [0.15, 0.2) is 72.8 Å². The van der Waals surface area contributed by atoms with Crippen molar-refractivity contribution in [1.82, 2.24) is 4.90 Å². The predicted octanol–water partition coefficient (Wildman–Crippen LogP) is 4.54. The van der Waals surface area contributed by atoms with Crippen LogP contribution in [0.5, 0.6) is 0 Å². The van der Waals surface area contributed by atoms with Crippen molar-refractivity contribution in [2.45, 2.75) is 6.54 Å². The van der Waals surface area contributed by atoms with Crippen molar-refractivity contribution < 1.29 is 13.6 Å². The number of anilines is 2. The van der Waals surface area contributed by atoms with Crippen molar-refractivity contribution in [3.05, 3.63) is 95.6 Å².